The maximum Gasteiger partial charge on any atom is 0.226 e. The number of amides is 1. The lowest BCUT2D eigenvalue weighted by Gasteiger charge is -2.12. The number of carbonyl (C=O) groups excluding carboxylic acids is 1. The fourth-order valence-corrected chi connectivity index (χ4v) is 3.61. The first-order valence-electron chi connectivity index (χ1n) is 8.11. The Morgan fingerprint density at radius 3 is 2.75 bits per heavy atom. The van der Waals surface area contributed by atoms with Crippen molar-refractivity contribution in [1.82, 2.24) is 9.97 Å². The molecule has 0 fully saturated rings. The monoisotopic (exact) mass is 367 g/mol. The second-order valence-corrected chi connectivity index (χ2v) is 9.21. The SMILES string of the molecule is CCC(C)CC(=O)Nc1ncc(SCc2ncc(C(C)(C)C)o2)s1. The third-order valence-electron chi connectivity index (χ3n) is 3.59. The minimum Gasteiger partial charge on any atom is -0.444 e. The van der Waals surface area contributed by atoms with E-state index in [4.69, 9.17) is 4.42 Å². The van der Waals surface area contributed by atoms with Gasteiger partial charge in [-0.15, -0.1) is 11.8 Å². The van der Waals surface area contributed by atoms with Crippen LogP contribution in [0, 0.1) is 5.92 Å². The minimum atomic E-state index is -0.0342. The molecule has 0 aliphatic carbocycles. The Balaban J connectivity index is 1.85. The van der Waals surface area contributed by atoms with E-state index < -0.39 is 0 Å². The van der Waals surface area contributed by atoms with E-state index in [2.05, 4.69) is 49.9 Å². The van der Waals surface area contributed by atoms with Gasteiger partial charge in [-0.05, 0) is 5.92 Å². The molecule has 7 heteroatoms. The molecule has 0 bridgehead atoms. The van der Waals surface area contributed by atoms with Crippen molar-refractivity contribution in [3.8, 4) is 0 Å². The van der Waals surface area contributed by atoms with Gasteiger partial charge in [-0.3, -0.25) is 4.79 Å². The highest BCUT2D eigenvalue weighted by Gasteiger charge is 2.19. The number of hydrogen-bond donors (Lipinski definition) is 1. The van der Waals surface area contributed by atoms with Crippen molar-refractivity contribution < 1.29 is 9.21 Å². The molecule has 0 aromatic carbocycles. The maximum absolute atomic E-state index is 11.9. The summed E-state index contributed by atoms with van der Waals surface area (Å²) in [5.74, 6) is 2.66. The number of nitrogens with zero attached hydrogens (tertiary/aromatic N) is 2. The topological polar surface area (TPSA) is 68.0 Å². The molecule has 132 valence electrons. The molecule has 1 unspecified atom stereocenters. The number of carbonyl (C=O) groups is 1. The lowest BCUT2D eigenvalue weighted by atomic mass is 9.94. The molecule has 5 nitrogen and oxygen atoms in total. The van der Waals surface area contributed by atoms with Crippen molar-refractivity contribution in [3.05, 3.63) is 24.0 Å². The molecule has 0 aliphatic rings. The summed E-state index contributed by atoms with van der Waals surface area (Å²) < 4.78 is 6.81. The number of thiazole rings is 1. The average molecular weight is 368 g/mol. The molecule has 1 amide bonds. The molecule has 0 saturated carbocycles. The standard InChI is InChI=1S/C17H25N3O2S2/c1-6-11(2)7-13(21)20-16-19-9-15(24-16)23-10-14-18-8-12(22-14)17(3,4)5/h8-9,11H,6-7,10H2,1-5H3,(H,19,20,21). The van der Waals surface area contributed by atoms with E-state index in [1.165, 1.54) is 11.3 Å². The van der Waals surface area contributed by atoms with Crippen LogP contribution < -0.4 is 5.32 Å². The van der Waals surface area contributed by atoms with Crippen LogP contribution in [0.15, 0.2) is 21.0 Å². The predicted molar refractivity (Wildman–Crippen MR) is 99.6 cm³/mol. The summed E-state index contributed by atoms with van der Waals surface area (Å²) in [6, 6.07) is 0. The third-order valence-corrected chi connectivity index (χ3v) is 5.68. The third kappa shape index (κ3) is 5.63. The van der Waals surface area contributed by atoms with Crippen molar-refractivity contribution in [2.45, 2.75) is 62.8 Å². The summed E-state index contributed by atoms with van der Waals surface area (Å²) in [7, 11) is 0. The number of oxazole rings is 1. The van der Waals surface area contributed by atoms with Crippen molar-refractivity contribution in [2.75, 3.05) is 5.32 Å². The second kappa shape index (κ2) is 8.16. The lowest BCUT2D eigenvalue weighted by Crippen LogP contribution is -2.14. The average Bonchev–Trinajstić information content (AvgIpc) is 3.13. The molecule has 2 heterocycles. The first-order chi connectivity index (χ1) is 11.3. The van der Waals surface area contributed by atoms with Crippen LogP contribution in [0.25, 0.3) is 0 Å². The fourth-order valence-electron chi connectivity index (χ4n) is 1.87. The second-order valence-electron chi connectivity index (χ2n) is 6.91. The van der Waals surface area contributed by atoms with Gasteiger partial charge in [0.15, 0.2) is 5.13 Å². The molecule has 0 saturated heterocycles. The molecule has 1 N–H and O–H groups in total. The van der Waals surface area contributed by atoms with Crippen LogP contribution in [-0.4, -0.2) is 15.9 Å². The fraction of sp³-hybridized carbons (Fsp3) is 0.588. The largest absolute Gasteiger partial charge is 0.444 e. The quantitative estimate of drug-likeness (QED) is 0.690. The molecule has 0 spiro atoms. The summed E-state index contributed by atoms with van der Waals surface area (Å²) in [6.07, 6.45) is 5.11. The smallest absolute Gasteiger partial charge is 0.226 e. The molecule has 0 aliphatic heterocycles. The zero-order chi connectivity index (χ0) is 17.7. The van der Waals surface area contributed by atoms with Gasteiger partial charge in [0.2, 0.25) is 11.8 Å². The molecular weight excluding hydrogens is 342 g/mol. The van der Waals surface area contributed by atoms with E-state index in [9.17, 15) is 4.79 Å². The van der Waals surface area contributed by atoms with Crippen molar-refractivity contribution >= 4 is 34.1 Å². The van der Waals surface area contributed by atoms with E-state index in [0.717, 1.165) is 16.4 Å². The zero-order valence-corrected chi connectivity index (χ0v) is 16.5. The van der Waals surface area contributed by atoms with Gasteiger partial charge in [0.1, 0.15) is 5.76 Å². The van der Waals surface area contributed by atoms with Crippen LogP contribution in [0.4, 0.5) is 5.13 Å². The van der Waals surface area contributed by atoms with E-state index in [0.29, 0.717) is 29.1 Å². The minimum absolute atomic E-state index is 0.0257. The molecule has 24 heavy (non-hydrogen) atoms. The Hall–Kier alpha value is -1.34. The van der Waals surface area contributed by atoms with E-state index in [1.54, 1.807) is 24.2 Å². The number of hydrogen-bond acceptors (Lipinski definition) is 6. The number of anilines is 1. The Morgan fingerprint density at radius 2 is 2.12 bits per heavy atom. The van der Waals surface area contributed by atoms with E-state index >= 15 is 0 Å². The highest BCUT2D eigenvalue weighted by atomic mass is 32.2. The molecule has 2 rings (SSSR count). The normalized spacial score (nSPS) is 13.0. The Bertz CT molecular complexity index is 673. The summed E-state index contributed by atoms with van der Waals surface area (Å²) >= 11 is 3.09. The van der Waals surface area contributed by atoms with Gasteiger partial charge in [0.25, 0.3) is 0 Å². The van der Waals surface area contributed by atoms with E-state index in [-0.39, 0.29) is 11.3 Å². The number of rotatable bonds is 7. The first kappa shape index (κ1) is 19.0. The highest BCUT2D eigenvalue weighted by molar-refractivity contribution is 8.00. The van der Waals surface area contributed by atoms with E-state index in [1.807, 2.05) is 0 Å². The number of thioether (sulfide) groups is 1. The predicted octanol–water partition coefficient (Wildman–Crippen LogP) is 5.10. The van der Waals surface area contributed by atoms with Crippen LogP contribution in [-0.2, 0) is 16.0 Å². The molecular formula is C17H25N3O2S2. The Morgan fingerprint density at radius 1 is 1.38 bits per heavy atom. The molecule has 1 atom stereocenters. The van der Waals surface area contributed by atoms with Gasteiger partial charge in [-0.1, -0.05) is 52.4 Å². The van der Waals surface area contributed by atoms with Gasteiger partial charge >= 0.3 is 0 Å². The first-order valence-corrected chi connectivity index (χ1v) is 9.91. The Kier molecular flexibility index (Phi) is 6.46. The van der Waals surface area contributed by atoms with Gasteiger partial charge < -0.3 is 9.73 Å². The summed E-state index contributed by atoms with van der Waals surface area (Å²) in [5, 5.41) is 3.51. The zero-order valence-electron chi connectivity index (χ0n) is 14.9. The van der Waals surface area contributed by atoms with Crippen molar-refractivity contribution in [3.63, 3.8) is 0 Å². The van der Waals surface area contributed by atoms with Gasteiger partial charge in [0, 0.05) is 11.8 Å². The number of nitrogens with one attached hydrogen (secondary N) is 1. The van der Waals surface area contributed by atoms with Crippen LogP contribution in [0.3, 0.4) is 0 Å². The Labute approximate surface area is 151 Å². The number of aromatic nitrogens is 2. The maximum atomic E-state index is 11.9. The van der Waals surface area contributed by atoms with Gasteiger partial charge in [-0.25, -0.2) is 9.97 Å². The summed E-state index contributed by atoms with van der Waals surface area (Å²) in [4.78, 5) is 20.5. The lowest BCUT2D eigenvalue weighted by molar-refractivity contribution is -0.117. The van der Waals surface area contributed by atoms with Crippen LogP contribution in [0.1, 0.15) is 59.1 Å². The van der Waals surface area contributed by atoms with Crippen molar-refractivity contribution in [1.29, 1.82) is 0 Å². The highest BCUT2D eigenvalue weighted by Crippen LogP contribution is 2.31. The van der Waals surface area contributed by atoms with Crippen molar-refractivity contribution in [2.24, 2.45) is 5.92 Å². The van der Waals surface area contributed by atoms with Crippen LogP contribution in [0.2, 0.25) is 0 Å². The van der Waals surface area contributed by atoms with Crippen LogP contribution in [0.5, 0.6) is 0 Å². The summed E-state index contributed by atoms with van der Waals surface area (Å²) in [5.41, 5.74) is -0.0342. The molecule has 0 radical (unpaired) electrons. The molecule has 2 aromatic rings. The van der Waals surface area contributed by atoms with Gasteiger partial charge in [-0.2, -0.15) is 0 Å². The summed E-state index contributed by atoms with van der Waals surface area (Å²) in [6.45, 7) is 10.5. The van der Waals surface area contributed by atoms with Gasteiger partial charge in [0.05, 0.1) is 22.4 Å². The van der Waals surface area contributed by atoms with Crippen LogP contribution >= 0.6 is 23.1 Å². The molecule has 2 aromatic heterocycles.